The van der Waals surface area contributed by atoms with Gasteiger partial charge in [-0.05, 0) is 56.1 Å². The summed E-state index contributed by atoms with van der Waals surface area (Å²) in [5.74, 6) is 0. The van der Waals surface area contributed by atoms with E-state index in [0.717, 1.165) is 25.1 Å². The van der Waals surface area contributed by atoms with E-state index < -0.39 is 0 Å². The monoisotopic (exact) mass is 361 g/mol. The smallest absolute Gasteiger partial charge is 0.315 e. The van der Waals surface area contributed by atoms with Crippen LogP contribution in [-0.2, 0) is 18.4 Å². The van der Waals surface area contributed by atoms with Crippen molar-refractivity contribution in [2.45, 2.75) is 50.7 Å². The molecule has 0 spiro atoms. The Hall–Kier alpha value is -2.33. The molecular formula is C23H27N3O. The molecule has 0 unspecified atom stereocenters. The Bertz CT molecular complexity index is 924. The van der Waals surface area contributed by atoms with Gasteiger partial charge in [0.15, 0.2) is 0 Å². The minimum absolute atomic E-state index is 0.0135. The number of piperidine rings is 1. The van der Waals surface area contributed by atoms with E-state index in [2.05, 4.69) is 66.3 Å². The van der Waals surface area contributed by atoms with Crippen LogP contribution < -0.4 is 5.32 Å². The minimum Gasteiger partial charge on any atom is -0.315 e. The summed E-state index contributed by atoms with van der Waals surface area (Å²) in [7, 11) is 2.21. The number of nitrogens with zero attached hydrogens (tertiary/aromatic N) is 2. The van der Waals surface area contributed by atoms with Crippen LogP contribution >= 0.6 is 0 Å². The molecule has 2 aromatic rings. The van der Waals surface area contributed by atoms with E-state index in [0.29, 0.717) is 12.6 Å². The Morgan fingerprint density at radius 3 is 2.81 bits per heavy atom. The average molecular weight is 361 g/mol. The molecule has 2 heterocycles. The molecule has 2 bridgehead atoms. The first-order chi connectivity index (χ1) is 13.0. The van der Waals surface area contributed by atoms with Crippen molar-refractivity contribution in [3.8, 4) is 0 Å². The molecule has 140 valence electrons. The van der Waals surface area contributed by atoms with Gasteiger partial charge in [-0.25, -0.2) is 4.79 Å². The van der Waals surface area contributed by atoms with Crippen LogP contribution in [0.3, 0.4) is 0 Å². The highest BCUT2D eigenvalue weighted by molar-refractivity contribution is 5.92. The highest BCUT2D eigenvalue weighted by Gasteiger charge is 2.53. The third-order valence-electron chi connectivity index (χ3n) is 7.07. The molecule has 5 rings (SSSR count). The minimum atomic E-state index is -0.0135. The van der Waals surface area contributed by atoms with E-state index in [1.54, 1.807) is 0 Å². The van der Waals surface area contributed by atoms with Crippen LogP contribution in [0, 0.1) is 6.92 Å². The normalized spacial score (nSPS) is 29.7. The number of anilines is 1. The zero-order chi connectivity index (χ0) is 18.8. The number of nitrogens with one attached hydrogen (secondary N) is 1. The van der Waals surface area contributed by atoms with Gasteiger partial charge in [0.05, 0.1) is 6.04 Å². The zero-order valence-corrected chi connectivity index (χ0v) is 16.3. The summed E-state index contributed by atoms with van der Waals surface area (Å²) in [5, 5.41) is 3.13. The number of likely N-dealkylation sites (N-methyl/N-ethyl adjacent to an activating group) is 1. The number of aryl methyl sites for hydroxylation is 1. The van der Waals surface area contributed by atoms with Crippen molar-refractivity contribution in [3.63, 3.8) is 0 Å². The van der Waals surface area contributed by atoms with Gasteiger partial charge >= 0.3 is 6.03 Å². The molecule has 27 heavy (non-hydrogen) atoms. The third kappa shape index (κ3) is 2.43. The molecule has 2 amide bonds. The Balaban J connectivity index is 1.62. The number of fused-ring (bicyclic) bond motifs is 5. The second-order valence-corrected chi connectivity index (χ2v) is 8.74. The van der Waals surface area contributed by atoms with Crippen molar-refractivity contribution in [2.24, 2.45) is 0 Å². The first-order valence-electron chi connectivity index (χ1n) is 9.93. The number of carbonyl (C=O) groups is 1. The van der Waals surface area contributed by atoms with Gasteiger partial charge in [0.1, 0.15) is 0 Å². The maximum Gasteiger partial charge on any atom is 0.322 e. The molecule has 4 heteroatoms. The fraction of sp³-hybridized carbons (Fsp3) is 0.435. The van der Waals surface area contributed by atoms with Gasteiger partial charge in [0.25, 0.3) is 0 Å². The SMILES string of the molecule is Cc1ccc2c(c1)[C@@]1(C)CCN(C)[C@H](C2)[C@H]1N1Cc2ccccc2NC1=O. The van der Waals surface area contributed by atoms with Gasteiger partial charge in [-0.15, -0.1) is 0 Å². The summed E-state index contributed by atoms with van der Waals surface area (Å²) in [6, 6.07) is 15.6. The molecule has 1 N–H and O–H groups in total. The van der Waals surface area contributed by atoms with Crippen LogP contribution in [0.25, 0.3) is 0 Å². The van der Waals surface area contributed by atoms with Crippen molar-refractivity contribution >= 4 is 11.7 Å². The molecule has 1 fully saturated rings. The van der Waals surface area contributed by atoms with E-state index in [9.17, 15) is 4.79 Å². The number of benzene rings is 2. The molecule has 2 aliphatic heterocycles. The number of hydrogen-bond donors (Lipinski definition) is 1. The molecule has 0 radical (unpaired) electrons. The van der Waals surface area contributed by atoms with Crippen LogP contribution in [-0.4, -0.2) is 41.5 Å². The number of amides is 2. The van der Waals surface area contributed by atoms with Gasteiger partial charge in [0, 0.05) is 23.7 Å². The van der Waals surface area contributed by atoms with Crippen molar-refractivity contribution in [1.29, 1.82) is 0 Å². The number of carbonyl (C=O) groups excluding carboxylic acids is 1. The number of likely N-dealkylation sites (tertiary alicyclic amines) is 1. The molecule has 3 atom stereocenters. The van der Waals surface area contributed by atoms with E-state index in [-0.39, 0.29) is 17.5 Å². The van der Waals surface area contributed by atoms with Crippen LogP contribution in [0.5, 0.6) is 0 Å². The van der Waals surface area contributed by atoms with Gasteiger partial charge in [-0.3, -0.25) is 0 Å². The topological polar surface area (TPSA) is 35.6 Å². The molecular weight excluding hydrogens is 334 g/mol. The first kappa shape index (κ1) is 16.8. The predicted octanol–water partition coefficient (Wildman–Crippen LogP) is 3.93. The standard InChI is InChI=1S/C23H27N3O/c1-15-8-9-16-13-20-21(23(2,18(16)12-15)10-11-25(20)3)26-14-17-6-4-5-7-19(17)24-22(26)27/h4-9,12,20-21H,10-11,13-14H2,1-3H3,(H,24,27)/t20-,21-,23-/m1/s1. The number of hydrogen-bond acceptors (Lipinski definition) is 2. The van der Waals surface area contributed by atoms with E-state index in [4.69, 9.17) is 0 Å². The van der Waals surface area contributed by atoms with E-state index in [1.807, 2.05) is 12.1 Å². The summed E-state index contributed by atoms with van der Waals surface area (Å²) in [6.45, 7) is 6.32. The third-order valence-corrected chi connectivity index (χ3v) is 7.07. The highest BCUT2D eigenvalue weighted by atomic mass is 16.2. The maximum atomic E-state index is 13.1. The first-order valence-corrected chi connectivity index (χ1v) is 9.93. The largest absolute Gasteiger partial charge is 0.322 e. The second kappa shape index (κ2) is 5.83. The second-order valence-electron chi connectivity index (χ2n) is 8.74. The molecule has 1 aliphatic carbocycles. The van der Waals surface area contributed by atoms with Gasteiger partial charge in [0.2, 0.25) is 0 Å². The van der Waals surface area contributed by atoms with Crippen LogP contribution in [0.1, 0.15) is 35.6 Å². The predicted molar refractivity (Wildman–Crippen MR) is 108 cm³/mol. The van der Waals surface area contributed by atoms with Crippen molar-refractivity contribution in [3.05, 3.63) is 64.7 Å². The van der Waals surface area contributed by atoms with E-state index >= 15 is 0 Å². The maximum absolute atomic E-state index is 13.1. The highest BCUT2D eigenvalue weighted by Crippen LogP contribution is 2.48. The summed E-state index contributed by atoms with van der Waals surface area (Å²) < 4.78 is 0. The van der Waals surface area contributed by atoms with Crippen molar-refractivity contribution in [1.82, 2.24) is 9.80 Å². The van der Waals surface area contributed by atoms with Gasteiger partial charge < -0.3 is 15.1 Å². The molecule has 4 nitrogen and oxygen atoms in total. The van der Waals surface area contributed by atoms with Gasteiger partial charge in [-0.1, -0.05) is 48.9 Å². The number of rotatable bonds is 1. The molecule has 3 aliphatic rings. The molecule has 0 saturated carbocycles. The number of para-hydroxylation sites is 1. The summed E-state index contributed by atoms with van der Waals surface area (Å²) in [4.78, 5) is 17.7. The lowest BCUT2D eigenvalue weighted by Gasteiger charge is -2.58. The van der Waals surface area contributed by atoms with Crippen molar-refractivity contribution < 1.29 is 4.79 Å². The van der Waals surface area contributed by atoms with Crippen molar-refractivity contribution in [2.75, 3.05) is 18.9 Å². The lowest BCUT2D eigenvalue weighted by atomic mass is 9.61. The molecule has 2 aromatic carbocycles. The number of urea groups is 1. The lowest BCUT2D eigenvalue weighted by molar-refractivity contribution is 0.00772. The summed E-state index contributed by atoms with van der Waals surface area (Å²) in [5.41, 5.74) is 6.35. The Kier molecular flexibility index (Phi) is 3.63. The fourth-order valence-corrected chi connectivity index (χ4v) is 5.57. The molecule has 0 aromatic heterocycles. The Labute approximate surface area is 161 Å². The summed E-state index contributed by atoms with van der Waals surface area (Å²) in [6.07, 6.45) is 2.09. The van der Waals surface area contributed by atoms with E-state index in [1.165, 1.54) is 22.3 Å². The lowest BCUT2D eigenvalue weighted by Crippen LogP contribution is -2.68. The average Bonchev–Trinajstić information content (AvgIpc) is 2.65. The quantitative estimate of drug-likeness (QED) is 0.835. The Morgan fingerprint density at radius 1 is 1.15 bits per heavy atom. The Morgan fingerprint density at radius 2 is 1.96 bits per heavy atom. The van der Waals surface area contributed by atoms with Crippen LogP contribution in [0.4, 0.5) is 10.5 Å². The van der Waals surface area contributed by atoms with Crippen LogP contribution in [0.2, 0.25) is 0 Å². The fourth-order valence-electron chi connectivity index (χ4n) is 5.57. The summed E-state index contributed by atoms with van der Waals surface area (Å²) >= 11 is 0. The zero-order valence-electron chi connectivity index (χ0n) is 16.3. The molecule has 1 saturated heterocycles. The van der Waals surface area contributed by atoms with Crippen LogP contribution in [0.15, 0.2) is 42.5 Å². The van der Waals surface area contributed by atoms with Gasteiger partial charge in [-0.2, -0.15) is 0 Å².